The van der Waals surface area contributed by atoms with Crippen molar-refractivity contribution in [1.29, 1.82) is 0 Å². The second-order valence-electron chi connectivity index (χ2n) is 5.43. The van der Waals surface area contributed by atoms with Gasteiger partial charge < -0.3 is 9.84 Å². The summed E-state index contributed by atoms with van der Waals surface area (Å²) >= 11 is 5.86. The third-order valence-corrected chi connectivity index (χ3v) is 2.52. The molecule has 0 aromatic heterocycles. The second-order valence-corrected chi connectivity index (χ2v) is 5.86. The summed E-state index contributed by atoms with van der Waals surface area (Å²) in [5.41, 5.74) is 0.0364. The van der Waals surface area contributed by atoms with E-state index in [-0.39, 0.29) is 6.54 Å². The van der Waals surface area contributed by atoms with E-state index >= 15 is 0 Å². The molecule has 4 nitrogen and oxygen atoms in total. The van der Waals surface area contributed by atoms with Crippen LogP contribution in [0.15, 0.2) is 24.3 Å². The minimum Gasteiger partial charge on any atom is -0.444 e. The number of aliphatic hydroxyl groups is 1. The Kier molecular flexibility index (Phi) is 5.77. The quantitative estimate of drug-likeness (QED) is 0.928. The summed E-state index contributed by atoms with van der Waals surface area (Å²) in [5, 5.41) is 9.38. The summed E-state index contributed by atoms with van der Waals surface area (Å²) < 4.78 is 18.0. The lowest BCUT2D eigenvalue weighted by Crippen LogP contribution is -2.39. The number of hydrogen-bond acceptors (Lipinski definition) is 3. The van der Waals surface area contributed by atoms with Crippen LogP contribution in [0.5, 0.6) is 0 Å². The number of carbonyl (C=O) groups is 1. The highest BCUT2D eigenvalue weighted by Crippen LogP contribution is 2.16. The first-order valence-electron chi connectivity index (χ1n) is 6.22. The van der Waals surface area contributed by atoms with Gasteiger partial charge in [0.05, 0.1) is 6.54 Å². The number of benzene rings is 1. The molecule has 1 atom stereocenters. The fraction of sp³-hybridized carbons (Fsp3) is 0.500. The van der Waals surface area contributed by atoms with Crippen molar-refractivity contribution >= 4 is 17.7 Å². The third kappa shape index (κ3) is 6.21. The average Bonchev–Trinajstić information content (AvgIpc) is 2.25. The molecule has 1 unspecified atom stereocenters. The van der Waals surface area contributed by atoms with E-state index in [1.807, 2.05) is 0 Å². The van der Waals surface area contributed by atoms with Gasteiger partial charge in [-0.1, -0.05) is 23.7 Å². The van der Waals surface area contributed by atoms with Gasteiger partial charge in [0.1, 0.15) is 5.60 Å². The standard InChI is InChI=1S/C14H19ClFNO3/c1-14(2,3)20-13(19)17(9-12(16)18)8-10-5-4-6-11(15)7-10/h4-7,12,18H,8-9H2,1-3H3. The highest BCUT2D eigenvalue weighted by molar-refractivity contribution is 6.30. The van der Waals surface area contributed by atoms with Gasteiger partial charge in [-0.15, -0.1) is 0 Å². The van der Waals surface area contributed by atoms with E-state index in [9.17, 15) is 9.18 Å². The van der Waals surface area contributed by atoms with Crippen molar-refractivity contribution in [3.05, 3.63) is 34.9 Å². The highest BCUT2D eigenvalue weighted by atomic mass is 35.5. The van der Waals surface area contributed by atoms with Gasteiger partial charge in [0.2, 0.25) is 6.36 Å². The number of nitrogens with zero attached hydrogens (tertiary/aromatic N) is 1. The number of rotatable bonds is 4. The second kappa shape index (κ2) is 6.90. The molecule has 0 aliphatic carbocycles. The molecule has 112 valence electrons. The minimum absolute atomic E-state index is 0.108. The van der Waals surface area contributed by atoms with Crippen LogP contribution >= 0.6 is 11.6 Å². The number of hydrogen-bond donors (Lipinski definition) is 1. The van der Waals surface area contributed by atoms with Crippen molar-refractivity contribution in [2.45, 2.75) is 39.3 Å². The summed E-state index contributed by atoms with van der Waals surface area (Å²) in [4.78, 5) is 13.1. The van der Waals surface area contributed by atoms with E-state index in [2.05, 4.69) is 0 Å². The first-order valence-corrected chi connectivity index (χ1v) is 6.59. The van der Waals surface area contributed by atoms with Gasteiger partial charge in [-0.05, 0) is 38.5 Å². The Hall–Kier alpha value is -1.33. The van der Waals surface area contributed by atoms with Crippen LogP contribution in [0.4, 0.5) is 9.18 Å². The van der Waals surface area contributed by atoms with E-state index in [4.69, 9.17) is 21.4 Å². The van der Waals surface area contributed by atoms with Gasteiger partial charge in [-0.2, -0.15) is 0 Å². The molecule has 1 aromatic carbocycles. The van der Waals surface area contributed by atoms with Crippen molar-refractivity contribution < 1.29 is 19.0 Å². The molecule has 1 aromatic rings. The Morgan fingerprint density at radius 2 is 2.15 bits per heavy atom. The predicted molar refractivity (Wildman–Crippen MR) is 75.2 cm³/mol. The molecule has 0 bridgehead atoms. The minimum atomic E-state index is -2.12. The first-order chi connectivity index (χ1) is 9.17. The molecule has 0 aliphatic rings. The van der Waals surface area contributed by atoms with Gasteiger partial charge in [-0.3, -0.25) is 4.90 Å². The molecule has 1 amide bonds. The molecule has 20 heavy (non-hydrogen) atoms. The normalized spacial score (nSPS) is 12.9. The van der Waals surface area contributed by atoms with E-state index in [0.29, 0.717) is 5.02 Å². The maximum atomic E-state index is 12.8. The Balaban J connectivity index is 2.81. The zero-order chi connectivity index (χ0) is 15.3. The van der Waals surface area contributed by atoms with Crippen LogP contribution in [0.3, 0.4) is 0 Å². The molecular weight excluding hydrogens is 285 g/mol. The molecule has 6 heteroatoms. The number of ether oxygens (including phenoxy) is 1. The molecule has 0 saturated carbocycles. The van der Waals surface area contributed by atoms with Gasteiger partial charge in [0.15, 0.2) is 0 Å². The van der Waals surface area contributed by atoms with E-state index in [1.165, 1.54) is 0 Å². The monoisotopic (exact) mass is 303 g/mol. The molecule has 0 fully saturated rings. The van der Waals surface area contributed by atoms with E-state index < -0.39 is 24.6 Å². The summed E-state index contributed by atoms with van der Waals surface area (Å²) in [7, 11) is 0. The van der Waals surface area contributed by atoms with Crippen LogP contribution in [-0.2, 0) is 11.3 Å². The van der Waals surface area contributed by atoms with Crippen LogP contribution in [0.1, 0.15) is 26.3 Å². The van der Waals surface area contributed by atoms with E-state index in [0.717, 1.165) is 10.5 Å². The maximum absolute atomic E-state index is 12.8. The molecule has 1 N–H and O–H groups in total. The largest absolute Gasteiger partial charge is 0.444 e. The van der Waals surface area contributed by atoms with Crippen molar-refractivity contribution in [2.24, 2.45) is 0 Å². The van der Waals surface area contributed by atoms with Crippen molar-refractivity contribution in [2.75, 3.05) is 6.54 Å². The van der Waals surface area contributed by atoms with Crippen molar-refractivity contribution in [3.63, 3.8) is 0 Å². The molecule has 1 rings (SSSR count). The fourth-order valence-electron chi connectivity index (χ4n) is 1.57. The lowest BCUT2D eigenvalue weighted by Gasteiger charge is -2.27. The van der Waals surface area contributed by atoms with Gasteiger partial charge in [-0.25, -0.2) is 9.18 Å². The molecule has 0 radical (unpaired) electrons. The van der Waals surface area contributed by atoms with E-state index in [1.54, 1.807) is 45.0 Å². The number of halogens is 2. The fourth-order valence-corrected chi connectivity index (χ4v) is 1.78. The summed E-state index contributed by atoms with van der Waals surface area (Å²) in [5.74, 6) is 0. The zero-order valence-corrected chi connectivity index (χ0v) is 12.5. The maximum Gasteiger partial charge on any atom is 0.410 e. The Morgan fingerprint density at radius 3 is 2.65 bits per heavy atom. The first kappa shape index (κ1) is 16.7. The molecular formula is C14H19ClFNO3. The summed E-state index contributed by atoms with van der Waals surface area (Å²) in [6.07, 6.45) is -2.81. The number of amides is 1. The zero-order valence-electron chi connectivity index (χ0n) is 11.8. The topological polar surface area (TPSA) is 49.8 Å². The smallest absolute Gasteiger partial charge is 0.410 e. The lowest BCUT2D eigenvalue weighted by molar-refractivity contribution is -0.0165. The van der Waals surface area contributed by atoms with Gasteiger partial charge in [0.25, 0.3) is 0 Å². The van der Waals surface area contributed by atoms with Crippen LogP contribution in [0, 0.1) is 0 Å². The number of alkyl halides is 1. The van der Waals surface area contributed by atoms with Crippen molar-refractivity contribution in [1.82, 2.24) is 4.90 Å². The van der Waals surface area contributed by atoms with Crippen LogP contribution in [0.2, 0.25) is 5.02 Å². The Morgan fingerprint density at radius 1 is 1.50 bits per heavy atom. The third-order valence-electron chi connectivity index (χ3n) is 2.29. The van der Waals surface area contributed by atoms with Crippen LogP contribution < -0.4 is 0 Å². The number of aliphatic hydroxyl groups excluding tert-OH is 1. The summed E-state index contributed by atoms with van der Waals surface area (Å²) in [6.45, 7) is 4.80. The SMILES string of the molecule is CC(C)(C)OC(=O)N(Cc1cccc(Cl)c1)CC(O)F. The Labute approximate surface area is 123 Å². The highest BCUT2D eigenvalue weighted by Gasteiger charge is 2.24. The summed E-state index contributed by atoms with van der Waals surface area (Å²) in [6, 6.07) is 6.86. The Bertz CT molecular complexity index is 460. The van der Waals surface area contributed by atoms with Crippen molar-refractivity contribution in [3.8, 4) is 0 Å². The number of carbonyl (C=O) groups excluding carboxylic acids is 1. The molecule has 0 saturated heterocycles. The average molecular weight is 304 g/mol. The van der Waals surface area contributed by atoms with Gasteiger partial charge in [0, 0.05) is 11.6 Å². The van der Waals surface area contributed by atoms with Crippen LogP contribution in [-0.4, -0.2) is 34.6 Å². The molecule has 0 heterocycles. The predicted octanol–water partition coefficient (Wildman–Crippen LogP) is 3.37. The lowest BCUT2D eigenvalue weighted by atomic mass is 10.2. The van der Waals surface area contributed by atoms with Gasteiger partial charge >= 0.3 is 6.09 Å². The molecule has 0 aliphatic heterocycles. The van der Waals surface area contributed by atoms with Crippen LogP contribution in [0.25, 0.3) is 0 Å². The molecule has 0 spiro atoms.